The predicted octanol–water partition coefficient (Wildman–Crippen LogP) is 2.46. The summed E-state index contributed by atoms with van der Waals surface area (Å²) in [5.74, 6) is -0.664. The lowest BCUT2D eigenvalue weighted by Gasteiger charge is -2.12. The van der Waals surface area contributed by atoms with Gasteiger partial charge in [-0.15, -0.1) is 0 Å². The van der Waals surface area contributed by atoms with E-state index in [0.29, 0.717) is 11.1 Å². The molecular formula is C15H12O4. The molecule has 19 heavy (non-hydrogen) atoms. The molecule has 0 atom stereocenters. The van der Waals surface area contributed by atoms with Crippen LogP contribution >= 0.6 is 0 Å². The number of ketones is 2. The molecule has 1 aliphatic carbocycles. The summed E-state index contributed by atoms with van der Waals surface area (Å²) in [6.45, 7) is 2.83. The Balaban J connectivity index is 2.38. The Bertz CT molecular complexity index is 635. The number of allylic oxidation sites excluding steroid dienone is 4. The molecule has 0 saturated heterocycles. The fraction of sp³-hybridized carbons (Fsp3) is 0.133. The van der Waals surface area contributed by atoms with Gasteiger partial charge in [-0.1, -0.05) is 24.3 Å². The Morgan fingerprint density at radius 3 is 2.37 bits per heavy atom. The highest BCUT2D eigenvalue weighted by molar-refractivity contribution is 6.25. The number of carbonyl (C=O) groups excluding carboxylic acids is 3. The molecule has 0 bridgehead atoms. The quantitative estimate of drug-likeness (QED) is 0.602. The topological polar surface area (TPSA) is 60.4 Å². The van der Waals surface area contributed by atoms with Crippen LogP contribution in [0.2, 0.25) is 0 Å². The van der Waals surface area contributed by atoms with Crippen LogP contribution in [0.5, 0.6) is 0 Å². The minimum absolute atomic E-state index is 0.224. The van der Waals surface area contributed by atoms with Crippen molar-refractivity contribution in [3.05, 3.63) is 58.9 Å². The molecule has 2 rings (SSSR count). The van der Waals surface area contributed by atoms with E-state index in [9.17, 15) is 14.4 Å². The van der Waals surface area contributed by atoms with Gasteiger partial charge in [-0.3, -0.25) is 14.4 Å². The summed E-state index contributed by atoms with van der Waals surface area (Å²) in [5.41, 5.74) is 0.995. The molecule has 0 amide bonds. The van der Waals surface area contributed by atoms with Crippen LogP contribution in [0.15, 0.2) is 47.7 Å². The van der Waals surface area contributed by atoms with E-state index in [1.807, 2.05) is 0 Å². The number of ether oxygens (including phenoxy) is 1. The average molecular weight is 256 g/mol. The second-order valence-corrected chi connectivity index (χ2v) is 4.19. The minimum atomic E-state index is -0.468. The zero-order chi connectivity index (χ0) is 14.0. The highest BCUT2D eigenvalue weighted by Gasteiger charge is 2.23. The number of rotatable bonds is 2. The van der Waals surface area contributed by atoms with E-state index in [-0.39, 0.29) is 22.9 Å². The standard InChI is InChI=1S/C15H12O4/c1-9(19-10(2)16)7-11-8-14(17)12-5-3-4-6-13(12)15(11)18/h3-8H,1-2H3. The van der Waals surface area contributed by atoms with Gasteiger partial charge in [-0.2, -0.15) is 0 Å². The van der Waals surface area contributed by atoms with Gasteiger partial charge in [-0.05, 0) is 19.1 Å². The molecule has 0 aromatic heterocycles. The van der Waals surface area contributed by atoms with Gasteiger partial charge < -0.3 is 4.74 Å². The summed E-state index contributed by atoms with van der Waals surface area (Å²) in [5, 5.41) is 0. The molecule has 0 heterocycles. The molecular weight excluding hydrogens is 244 g/mol. The third-order valence-corrected chi connectivity index (χ3v) is 2.65. The van der Waals surface area contributed by atoms with Gasteiger partial charge in [0, 0.05) is 23.6 Å². The lowest BCUT2D eigenvalue weighted by Crippen LogP contribution is -2.16. The van der Waals surface area contributed by atoms with E-state index >= 15 is 0 Å². The highest BCUT2D eigenvalue weighted by Crippen LogP contribution is 2.22. The van der Waals surface area contributed by atoms with Crippen molar-refractivity contribution in [3.8, 4) is 0 Å². The van der Waals surface area contributed by atoms with Crippen molar-refractivity contribution in [1.82, 2.24) is 0 Å². The largest absolute Gasteiger partial charge is 0.432 e. The van der Waals surface area contributed by atoms with Crippen molar-refractivity contribution < 1.29 is 19.1 Å². The van der Waals surface area contributed by atoms with Crippen molar-refractivity contribution >= 4 is 17.5 Å². The van der Waals surface area contributed by atoms with Crippen molar-refractivity contribution in [1.29, 1.82) is 0 Å². The Morgan fingerprint density at radius 2 is 1.74 bits per heavy atom. The number of fused-ring (bicyclic) bond motifs is 1. The van der Waals surface area contributed by atoms with Crippen LogP contribution in [0.25, 0.3) is 0 Å². The molecule has 0 saturated carbocycles. The van der Waals surface area contributed by atoms with E-state index < -0.39 is 5.97 Å². The van der Waals surface area contributed by atoms with Crippen LogP contribution in [-0.4, -0.2) is 17.5 Å². The first-order valence-electron chi connectivity index (χ1n) is 5.75. The predicted molar refractivity (Wildman–Crippen MR) is 68.7 cm³/mol. The van der Waals surface area contributed by atoms with Crippen LogP contribution in [-0.2, 0) is 9.53 Å². The van der Waals surface area contributed by atoms with Crippen molar-refractivity contribution in [3.63, 3.8) is 0 Å². The molecule has 0 radical (unpaired) electrons. The summed E-state index contributed by atoms with van der Waals surface area (Å²) in [4.78, 5) is 34.9. The monoisotopic (exact) mass is 256 g/mol. The van der Waals surface area contributed by atoms with Gasteiger partial charge in [0.2, 0.25) is 0 Å². The molecule has 1 aromatic rings. The molecule has 1 aromatic carbocycles. The van der Waals surface area contributed by atoms with Crippen LogP contribution in [0, 0.1) is 0 Å². The zero-order valence-corrected chi connectivity index (χ0v) is 10.6. The number of esters is 1. The molecule has 0 unspecified atom stereocenters. The van der Waals surface area contributed by atoms with Crippen LogP contribution in [0.3, 0.4) is 0 Å². The van der Waals surface area contributed by atoms with Crippen LogP contribution in [0.1, 0.15) is 34.6 Å². The molecule has 96 valence electrons. The maximum absolute atomic E-state index is 12.2. The molecule has 0 fully saturated rings. The summed E-state index contributed by atoms with van der Waals surface area (Å²) in [6.07, 6.45) is 2.66. The molecule has 4 nitrogen and oxygen atoms in total. The number of benzene rings is 1. The zero-order valence-electron chi connectivity index (χ0n) is 10.6. The van der Waals surface area contributed by atoms with E-state index in [4.69, 9.17) is 4.74 Å². The van der Waals surface area contributed by atoms with E-state index in [2.05, 4.69) is 0 Å². The lowest BCUT2D eigenvalue weighted by molar-refractivity contribution is -0.136. The third kappa shape index (κ3) is 2.68. The minimum Gasteiger partial charge on any atom is -0.432 e. The normalized spacial score (nSPS) is 14.8. The molecule has 4 heteroatoms. The van der Waals surface area contributed by atoms with Gasteiger partial charge >= 0.3 is 5.97 Å². The van der Waals surface area contributed by atoms with Gasteiger partial charge in [0.25, 0.3) is 0 Å². The average Bonchev–Trinajstić information content (AvgIpc) is 2.34. The smallest absolute Gasteiger partial charge is 0.307 e. The Labute approximate surface area is 110 Å². The van der Waals surface area contributed by atoms with Gasteiger partial charge in [0.15, 0.2) is 11.6 Å². The number of hydrogen-bond acceptors (Lipinski definition) is 4. The van der Waals surface area contributed by atoms with E-state index in [1.165, 1.54) is 19.1 Å². The molecule has 0 spiro atoms. The number of Topliss-reactive ketones (excluding diaryl/α,β-unsaturated/α-hetero) is 1. The summed E-state index contributed by atoms with van der Waals surface area (Å²) >= 11 is 0. The molecule has 1 aliphatic rings. The van der Waals surface area contributed by atoms with Gasteiger partial charge in [-0.25, -0.2) is 0 Å². The van der Waals surface area contributed by atoms with Crippen molar-refractivity contribution in [2.24, 2.45) is 0 Å². The first-order chi connectivity index (χ1) is 8.99. The number of carbonyl (C=O) groups is 3. The first-order valence-corrected chi connectivity index (χ1v) is 5.75. The van der Waals surface area contributed by atoms with E-state index in [1.54, 1.807) is 31.2 Å². The summed E-state index contributed by atoms with van der Waals surface area (Å²) in [6, 6.07) is 6.64. The summed E-state index contributed by atoms with van der Waals surface area (Å²) in [7, 11) is 0. The Hall–Kier alpha value is -2.49. The van der Waals surface area contributed by atoms with Crippen LogP contribution in [0.4, 0.5) is 0 Å². The lowest BCUT2D eigenvalue weighted by atomic mass is 9.89. The van der Waals surface area contributed by atoms with Crippen LogP contribution < -0.4 is 0 Å². The van der Waals surface area contributed by atoms with Crippen molar-refractivity contribution in [2.45, 2.75) is 13.8 Å². The third-order valence-electron chi connectivity index (χ3n) is 2.65. The van der Waals surface area contributed by atoms with Gasteiger partial charge in [0.05, 0.1) is 0 Å². The Morgan fingerprint density at radius 1 is 1.11 bits per heavy atom. The second kappa shape index (κ2) is 5.02. The summed E-state index contributed by atoms with van der Waals surface area (Å²) < 4.78 is 4.84. The maximum atomic E-state index is 12.2. The SMILES string of the molecule is CC(=O)OC(C)=CC1=CC(=O)c2ccccc2C1=O. The first kappa shape index (κ1) is 13.0. The highest BCUT2D eigenvalue weighted by atomic mass is 16.5. The van der Waals surface area contributed by atoms with Crippen molar-refractivity contribution in [2.75, 3.05) is 0 Å². The second-order valence-electron chi connectivity index (χ2n) is 4.19. The maximum Gasteiger partial charge on any atom is 0.307 e. The van der Waals surface area contributed by atoms with E-state index in [0.717, 1.165) is 0 Å². The molecule has 0 N–H and O–H groups in total. The van der Waals surface area contributed by atoms with Gasteiger partial charge in [0.1, 0.15) is 5.76 Å². The number of hydrogen-bond donors (Lipinski definition) is 0. The fourth-order valence-electron chi connectivity index (χ4n) is 1.92. The molecule has 0 aliphatic heterocycles. The Kier molecular flexibility index (Phi) is 3.42. The fourth-order valence-corrected chi connectivity index (χ4v) is 1.92.